The van der Waals surface area contributed by atoms with E-state index in [0.717, 1.165) is 47.5 Å². The molecule has 0 bridgehead atoms. The average molecular weight is 509 g/mol. The molecular weight excluding hydrogens is 468 g/mol. The standard InChI is InChI=1S/C29H40N4O4/c1-28(2,3)23-15-21(16-24(26(23)34)29(4,5)6)27(32-19-30)31-11-8-12-33(7)13-14-35-22-10-9-20-18-36-37-25(20)17-22/h9-10,15-17,34H,8,11-14,18H2,1-7H3,(H,31,32). The summed E-state index contributed by atoms with van der Waals surface area (Å²) in [4.78, 5) is 17.0. The maximum absolute atomic E-state index is 11.0. The first-order valence-corrected chi connectivity index (χ1v) is 12.7. The van der Waals surface area contributed by atoms with E-state index in [1.54, 1.807) is 0 Å². The van der Waals surface area contributed by atoms with Crippen molar-refractivity contribution in [3.8, 4) is 23.4 Å². The number of benzene rings is 2. The number of phenols is 1. The topological polar surface area (TPSA) is 99.3 Å². The largest absolute Gasteiger partial charge is 0.507 e. The molecule has 0 radical (unpaired) electrons. The minimum atomic E-state index is -0.261. The number of ether oxygens (including phenoxy) is 1. The van der Waals surface area contributed by atoms with E-state index in [1.807, 2.05) is 43.6 Å². The number of hydrogen-bond donors (Lipinski definition) is 2. The van der Waals surface area contributed by atoms with Crippen LogP contribution in [0.4, 0.5) is 0 Å². The summed E-state index contributed by atoms with van der Waals surface area (Å²) in [5.74, 6) is 2.30. The summed E-state index contributed by atoms with van der Waals surface area (Å²) in [7, 11) is 2.05. The second-order valence-electron chi connectivity index (χ2n) is 11.5. The molecule has 2 N–H and O–H groups in total. The summed E-state index contributed by atoms with van der Waals surface area (Å²) in [5, 5.41) is 23.1. The average Bonchev–Trinajstić information content (AvgIpc) is 3.28. The molecule has 2 aromatic carbocycles. The predicted octanol–water partition coefficient (Wildman–Crippen LogP) is 5.03. The fourth-order valence-electron chi connectivity index (χ4n) is 4.11. The molecule has 2 aromatic rings. The number of fused-ring (bicyclic) bond motifs is 1. The smallest absolute Gasteiger partial charge is 0.182 e. The number of rotatable bonds is 9. The third-order valence-electron chi connectivity index (χ3n) is 6.29. The maximum atomic E-state index is 11.0. The zero-order valence-corrected chi connectivity index (χ0v) is 23.1. The van der Waals surface area contributed by atoms with E-state index in [4.69, 9.17) is 19.5 Å². The highest BCUT2D eigenvalue weighted by Gasteiger charge is 2.27. The van der Waals surface area contributed by atoms with Gasteiger partial charge in [-0.1, -0.05) is 41.5 Å². The van der Waals surface area contributed by atoms with Crippen LogP contribution < -0.4 is 14.9 Å². The van der Waals surface area contributed by atoms with Gasteiger partial charge in [0, 0.05) is 41.4 Å². The van der Waals surface area contributed by atoms with Crippen LogP contribution in [0.25, 0.3) is 0 Å². The number of nitriles is 1. The quantitative estimate of drug-likeness (QED) is 0.122. The van der Waals surface area contributed by atoms with Crippen LogP contribution in [-0.4, -0.2) is 49.1 Å². The zero-order chi connectivity index (χ0) is 27.2. The first-order chi connectivity index (χ1) is 17.4. The molecule has 0 aromatic heterocycles. The van der Waals surface area contributed by atoms with E-state index in [2.05, 4.69) is 51.8 Å². The molecule has 0 fully saturated rings. The third kappa shape index (κ3) is 7.61. The molecule has 0 unspecified atom stereocenters. The molecule has 0 saturated carbocycles. The molecule has 200 valence electrons. The Kier molecular flexibility index (Phi) is 9.06. The van der Waals surface area contributed by atoms with Crippen LogP contribution in [0.3, 0.4) is 0 Å². The second-order valence-corrected chi connectivity index (χ2v) is 11.5. The van der Waals surface area contributed by atoms with Crippen molar-refractivity contribution < 1.29 is 19.6 Å². The number of amidine groups is 1. The van der Waals surface area contributed by atoms with Gasteiger partial charge in [0.1, 0.15) is 30.5 Å². The third-order valence-corrected chi connectivity index (χ3v) is 6.29. The summed E-state index contributed by atoms with van der Waals surface area (Å²) in [6.07, 6.45) is 2.85. The lowest BCUT2D eigenvalue weighted by Crippen LogP contribution is -2.26. The Morgan fingerprint density at radius 1 is 1.11 bits per heavy atom. The Bertz CT molecular complexity index is 1120. The van der Waals surface area contributed by atoms with E-state index in [-0.39, 0.29) is 10.8 Å². The molecule has 0 atom stereocenters. The highest BCUT2D eigenvalue weighted by molar-refractivity contribution is 6.00. The van der Waals surface area contributed by atoms with E-state index < -0.39 is 0 Å². The van der Waals surface area contributed by atoms with E-state index in [1.165, 1.54) is 0 Å². The number of aliphatic imine (C=N–C) groups is 1. The van der Waals surface area contributed by atoms with Crippen LogP contribution in [-0.2, 0) is 22.3 Å². The van der Waals surface area contributed by atoms with Crippen molar-refractivity contribution in [3.63, 3.8) is 0 Å². The number of hydrogen-bond acceptors (Lipinski definition) is 7. The van der Waals surface area contributed by atoms with Gasteiger partial charge in [0.05, 0.1) is 0 Å². The number of nitrogens with one attached hydrogen (secondary N) is 1. The second kappa shape index (κ2) is 11.8. The lowest BCUT2D eigenvalue weighted by molar-refractivity contribution is -0.194. The Hall–Kier alpha value is -3.28. The van der Waals surface area contributed by atoms with Crippen LogP contribution in [0, 0.1) is 11.5 Å². The Morgan fingerprint density at radius 3 is 2.41 bits per heavy atom. The van der Waals surface area contributed by atoms with Gasteiger partial charge >= 0.3 is 0 Å². The molecular formula is C29H40N4O4. The van der Waals surface area contributed by atoms with Gasteiger partial charge in [0.25, 0.3) is 0 Å². The van der Waals surface area contributed by atoms with Gasteiger partial charge in [0.15, 0.2) is 11.9 Å². The van der Waals surface area contributed by atoms with Gasteiger partial charge in [0.2, 0.25) is 0 Å². The fourth-order valence-corrected chi connectivity index (χ4v) is 4.11. The van der Waals surface area contributed by atoms with Crippen LogP contribution in [0.1, 0.15) is 70.2 Å². The van der Waals surface area contributed by atoms with Gasteiger partial charge < -0.3 is 19.6 Å². The lowest BCUT2D eigenvalue weighted by Gasteiger charge is -2.28. The van der Waals surface area contributed by atoms with Crippen molar-refractivity contribution in [1.82, 2.24) is 10.2 Å². The molecule has 0 spiro atoms. The monoisotopic (exact) mass is 508 g/mol. The highest BCUT2D eigenvalue weighted by atomic mass is 17.2. The summed E-state index contributed by atoms with van der Waals surface area (Å²) in [6, 6.07) is 9.60. The van der Waals surface area contributed by atoms with Crippen LogP contribution >= 0.6 is 0 Å². The van der Waals surface area contributed by atoms with Crippen molar-refractivity contribution in [1.29, 1.82) is 5.26 Å². The van der Waals surface area contributed by atoms with Crippen LogP contribution in [0.2, 0.25) is 0 Å². The van der Waals surface area contributed by atoms with Gasteiger partial charge in [-0.05, 0) is 55.1 Å². The Morgan fingerprint density at radius 2 is 1.78 bits per heavy atom. The van der Waals surface area contributed by atoms with E-state index in [0.29, 0.717) is 37.1 Å². The molecule has 0 saturated heterocycles. The minimum Gasteiger partial charge on any atom is -0.507 e. The normalized spacial score (nSPS) is 13.8. The van der Waals surface area contributed by atoms with Gasteiger partial charge in [-0.25, -0.2) is 0 Å². The molecule has 37 heavy (non-hydrogen) atoms. The first-order valence-electron chi connectivity index (χ1n) is 12.7. The zero-order valence-electron chi connectivity index (χ0n) is 23.1. The predicted molar refractivity (Wildman–Crippen MR) is 145 cm³/mol. The van der Waals surface area contributed by atoms with Crippen molar-refractivity contribution >= 4 is 5.84 Å². The molecule has 8 nitrogen and oxygen atoms in total. The SMILES string of the molecule is CN(CCC/N=C(\NC#N)c1cc(C(C)(C)C)c(O)c(C(C)(C)C)c1)CCOc1ccc2c(c1)OOC2. The molecule has 1 aliphatic rings. The number of nitrogens with zero attached hydrogens (tertiary/aromatic N) is 3. The summed E-state index contributed by atoms with van der Waals surface area (Å²) in [6.45, 7) is 15.6. The summed E-state index contributed by atoms with van der Waals surface area (Å²) < 4.78 is 5.85. The van der Waals surface area contributed by atoms with Gasteiger partial charge in [-0.15, -0.1) is 0 Å². The number of aromatic hydroxyl groups is 1. The fraction of sp³-hybridized carbons (Fsp3) is 0.517. The van der Waals surface area contributed by atoms with Gasteiger partial charge in [-0.3, -0.25) is 10.3 Å². The van der Waals surface area contributed by atoms with E-state index in [9.17, 15) is 10.4 Å². The number of phenolic OH excluding ortho intramolecular Hbond substituents is 1. The maximum Gasteiger partial charge on any atom is 0.182 e. The summed E-state index contributed by atoms with van der Waals surface area (Å²) in [5.41, 5.74) is 2.98. The first kappa shape index (κ1) is 28.3. The molecule has 3 rings (SSSR count). The van der Waals surface area contributed by atoms with Crippen molar-refractivity contribution in [3.05, 3.63) is 52.6 Å². The van der Waals surface area contributed by atoms with Crippen LogP contribution in [0.15, 0.2) is 35.3 Å². The highest BCUT2D eigenvalue weighted by Crippen LogP contribution is 2.39. The lowest BCUT2D eigenvalue weighted by atomic mass is 9.78. The van der Waals surface area contributed by atoms with Crippen molar-refractivity contribution in [2.75, 3.05) is 33.3 Å². The van der Waals surface area contributed by atoms with E-state index >= 15 is 0 Å². The molecule has 1 aliphatic heterocycles. The molecule has 8 heteroatoms. The Labute approximate surface area is 220 Å². The number of likely N-dealkylation sites (N-methyl/N-ethyl adjacent to an activating group) is 1. The molecule has 0 amide bonds. The van der Waals surface area contributed by atoms with Crippen molar-refractivity contribution in [2.45, 2.75) is 65.4 Å². The molecule has 1 heterocycles. The van der Waals surface area contributed by atoms with Gasteiger partial charge in [-0.2, -0.15) is 10.1 Å². The summed E-state index contributed by atoms with van der Waals surface area (Å²) >= 11 is 0. The Balaban J connectivity index is 1.59. The van der Waals surface area contributed by atoms with Crippen LogP contribution in [0.5, 0.6) is 17.2 Å². The minimum absolute atomic E-state index is 0.261. The molecule has 0 aliphatic carbocycles. The van der Waals surface area contributed by atoms with Crippen molar-refractivity contribution in [2.24, 2.45) is 4.99 Å².